The van der Waals surface area contributed by atoms with Crippen LogP contribution in [0.2, 0.25) is 0 Å². The minimum absolute atomic E-state index is 0.0790. The molecule has 5 nitrogen and oxygen atoms in total. The zero-order valence-electron chi connectivity index (χ0n) is 7.92. The lowest BCUT2D eigenvalue weighted by Gasteiger charge is -2.15. The van der Waals surface area contributed by atoms with Crippen molar-refractivity contribution in [1.29, 1.82) is 0 Å². The minimum Gasteiger partial charge on any atom is -0.480 e. The number of hydrogen-bond donors (Lipinski definition) is 3. The van der Waals surface area contributed by atoms with E-state index < -0.39 is 12.0 Å². The highest BCUT2D eigenvalue weighted by atomic mass is 16.8. The summed E-state index contributed by atoms with van der Waals surface area (Å²) in [6.07, 6.45) is 1.04. The Balaban J connectivity index is 2.10. The molecule has 0 aliphatic heterocycles. The monoisotopic (exact) mass is 209 g/mol. The summed E-state index contributed by atoms with van der Waals surface area (Å²) in [5, 5.41) is 25.9. The maximum atomic E-state index is 10.7. The van der Waals surface area contributed by atoms with Gasteiger partial charge in [-0.3, -0.25) is 15.2 Å². The van der Waals surface area contributed by atoms with Crippen LogP contribution in [0, 0.1) is 0 Å². The molecule has 0 spiro atoms. The van der Waals surface area contributed by atoms with Gasteiger partial charge >= 0.3 is 5.97 Å². The highest BCUT2D eigenvalue weighted by Crippen LogP contribution is 2.28. The van der Waals surface area contributed by atoms with E-state index in [1.165, 1.54) is 11.1 Å². The second kappa shape index (κ2) is 3.62. The number of carbonyl (C=O) groups is 1. The van der Waals surface area contributed by atoms with E-state index in [1.54, 1.807) is 0 Å². The zero-order chi connectivity index (χ0) is 11.0. The number of aliphatic carboxylic acids is 1. The van der Waals surface area contributed by atoms with E-state index in [0.29, 0.717) is 0 Å². The van der Waals surface area contributed by atoms with Crippen LogP contribution in [0.4, 0.5) is 0 Å². The van der Waals surface area contributed by atoms with Crippen LogP contribution in [0.3, 0.4) is 0 Å². The fourth-order valence-corrected chi connectivity index (χ4v) is 1.57. The molecule has 0 saturated carbocycles. The first kappa shape index (κ1) is 10.1. The molecule has 1 atom stereocenters. The average Bonchev–Trinajstić information content (AvgIpc) is 2.90. The Kier molecular flexibility index (Phi) is 2.44. The van der Waals surface area contributed by atoms with E-state index >= 15 is 0 Å². The van der Waals surface area contributed by atoms with Crippen LogP contribution in [-0.4, -0.2) is 32.8 Å². The van der Waals surface area contributed by atoms with Crippen LogP contribution in [0.5, 0.6) is 0 Å². The predicted octanol–water partition coefficient (Wildman–Crippen LogP) is 0.667. The maximum absolute atomic E-state index is 10.7. The van der Waals surface area contributed by atoms with Gasteiger partial charge in [0.1, 0.15) is 0 Å². The number of hydroxylamine groups is 2. The Hall–Kier alpha value is -1.43. The first-order chi connectivity index (χ1) is 7.08. The lowest BCUT2D eigenvalue weighted by atomic mass is 10.1. The Morgan fingerprint density at radius 1 is 1.40 bits per heavy atom. The summed E-state index contributed by atoms with van der Waals surface area (Å²) in [5.41, 5.74) is 3.28. The third kappa shape index (κ3) is 2.15. The largest absolute Gasteiger partial charge is 0.480 e. The highest BCUT2D eigenvalue weighted by molar-refractivity contribution is 5.73. The van der Waals surface area contributed by atoms with Crippen LogP contribution in [0.25, 0.3) is 0 Å². The Bertz CT molecular complexity index is 402. The van der Waals surface area contributed by atoms with Crippen molar-refractivity contribution in [2.75, 3.05) is 0 Å². The molecule has 2 rings (SSSR count). The van der Waals surface area contributed by atoms with E-state index in [0.717, 1.165) is 12.0 Å². The first-order valence-electron chi connectivity index (χ1n) is 4.58. The molecule has 3 N–H and O–H groups in total. The Morgan fingerprint density at radius 3 is 2.67 bits per heavy atom. The lowest BCUT2D eigenvalue weighted by Crippen LogP contribution is -2.38. The molecule has 0 heterocycles. The van der Waals surface area contributed by atoms with E-state index in [2.05, 4.69) is 0 Å². The summed E-state index contributed by atoms with van der Waals surface area (Å²) in [6.45, 7) is 0. The van der Waals surface area contributed by atoms with Crippen molar-refractivity contribution in [2.24, 2.45) is 0 Å². The third-order valence-corrected chi connectivity index (χ3v) is 2.52. The van der Waals surface area contributed by atoms with Gasteiger partial charge < -0.3 is 5.11 Å². The number of hydrogen-bond acceptors (Lipinski definition) is 4. The molecule has 1 aromatic rings. The number of carboxylic acid groups (broad SMARTS) is 1. The second-order valence-corrected chi connectivity index (χ2v) is 3.66. The first-order valence-corrected chi connectivity index (χ1v) is 4.58. The summed E-state index contributed by atoms with van der Waals surface area (Å²) in [7, 11) is 0. The molecule has 1 aliphatic rings. The van der Waals surface area contributed by atoms with Crippen molar-refractivity contribution in [3.63, 3.8) is 0 Å². The molecule has 0 saturated heterocycles. The lowest BCUT2D eigenvalue weighted by molar-refractivity contribution is -0.327. The number of fused-ring (bicyclic) bond motifs is 1. The van der Waals surface area contributed by atoms with E-state index in [4.69, 9.17) is 15.5 Å². The molecule has 1 aromatic carbocycles. The maximum Gasteiger partial charge on any atom is 0.326 e. The van der Waals surface area contributed by atoms with Crippen molar-refractivity contribution in [2.45, 2.75) is 18.9 Å². The summed E-state index contributed by atoms with van der Waals surface area (Å²) < 4.78 is 0. The van der Waals surface area contributed by atoms with Gasteiger partial charge in [0.05, 0.1) is 0 Å². The van der Waals surface area contributed by atoms with Crippen molar-refractivity contribution in [3.05, 3.63) is 34.9 Å². The van der Waals surface area contributed by atoms with Gasteiger partial charge in [-0.05, 0) is 23.1 Å². The molecular weight excluding hydrogens is 198 g/mol. The third-order valence-electron chi connectivity index (χ3n) is 2.52. The number of rotatable bonds is 4. The summed E-state index contributed by atoms with van der Waals surface area (Å²) in [6, 6.07) is 4.32. The van der Waals surface area contributed by atoms with Crippen LogP contribution in [-0.2, 0) is 17.6 Å². The van der Waals surface area contributed by atoms with Gasteiger partial charge in [-0.15, -0.1) is 0 Å². The van der Waals surface area contributed by atoms with Crippen LogP contribution in [0.1, 0.15) is 16.7 Å². The topological polar surface area (TPSA) is 81.0 Å². The molecule has 0 aromatic heterocycles. The highest BCUT2D eigenvalue weighted by Gasteiger charge is 2.25. The second-order valence-electron chi connectivity index (χ2n) is 3.66. The quantitative estimate of drug-likeness (QED) is 0.645. The van der Waals surface area contributed by atoms with Crippen LogP contribution < -0.4 is 0 Å². The van der Waals surface area contributed by atoms with Crippen molar-refractivity contribution in [3.8, 4) is 0 Å². The van der Waals surface area contributed by atoms with Crippen LogP contribution in [0.15, 0.2) is 18.2 Å². The van der Waals surface area contributed by atoms with E-state index in [-0.39, 0.29) is 11.6 Å². The van der Waals surface area contributed by atoms with Gasteiger partial charge in [0.15, 0.2) is 6.04 Å². The predicted molar refractivity (Wildman–Crippen MR) is 49.8 cm³/mol. The van der Waals surface area contributed by atoms with Gasteiger partial charge in [0.2, 0.25) is 0 Å². The van der Waals surface area contributed by atoms with Crippen molar-refractivity contribution >= 4 is 5.97 Å². The van der Waals surface area contributed by atoms with E-state index in [1.807, 2.05) is 18.2 Å². The zero-order valence-corrected chi connectivity index (χ0v) is 7.92. The number of nitrogens with zero attached hydrogens (tertiary/aromatic N) is 1. The molecule has 0 bridgehead atoms. The van der Waals surface area contributed by atoms with Gasteiger partial charge in [0.25, 0.3) is 0 Å². The molecule has 5 heteroatoms. The van der Waals surface area contributed by atoms with Gasteiger partial charge in [-0.1, -0.05) is 23.4 Å². The standard InChI is InChI=1S/C10H11NO4/c12-10(13)9(11(14)15)4-6-1-2-7-5-8(7)3-6/h1-3,9,14-15H,4-5H2,(H,12,13)/t9-/m0/s1. The van der Waals surface area contributed by atoms with Gasteiger partial charge in [-0.2, -0.15) is 0 Å². The van der Waals surface area contributed by atoms with Crippen LogP contribution >= 0.6 is 0 Å². The normalized spacial score (nSPS) is 14.9. The molecule has 1 aliphatic carbocycles. The SMILES string of the molecule is O=C(O)[C@H](Cc1ccc2c(c1)C2)N(O)O. The average molecular weight is 209 g/mol. The molecule has 0 fully saturated rings. The number of carboxylic acids is 1. The summed E-state index contributed by atoms with van der Waals surface area (Å²) in [4.78, 5) is 10.7. The summed E-state index contributed by atoms with van der Waals surface area (Å²) >= 11 is 0. The van der Waals surface area contributed by atoms with E-state index in [9.17, 15) is 4.79 Å². The fourth-order valence-electron chi connectivity index (χ4n) is 1.57. The molecule has 80 valence electrons. The molecular formula is C10H11NO4. The molecule has 15 heavy (non-hydrogen) atoms. The molecule has 0 amide bonds. The van der Waals surface area contributed by atoms with Gasteiger partial charge in [0, 0.05) is 6.42 Å². The Labute approximate surface area is 86.1 Å². The van der Waals surface area contributed by atoms with Crippen molar-refractivity contribution < 1.29 is 20.3 Å². The fraction of sp³-hybridized carbons (Fsp3) is 0.300. The smallest absolute Gasteiger partial charge is 0.326 e. The number of benzene rings is 1. The molecule has 0 radical (unpaired) electrons. The Morgan fingerprint density at radius 2 is 2.13 bits per heavy atom. The molecule has 0 unspecified atom stereocenters. The van der Waals surface area contributed by atoms with Gasteiger partial charge in [-0.25, -0.2) is 0 Å². The minimum atomic E-state index is -1.32. The summed E-state index contributed by atoms with van der Waals surface area (Å²) in [5.74, 6) is -1.26. The van der Waals surface area contributed by atoms with Crippen molar-refractivity contribution in [1.82, 2.24) is 5.23 Å².